The van der Waals surface area contributed by atoms with Gasteiger partial charge in [-0.15, -0.1) is 0 Å². The van der Waals surface area contributed by atoms with Crippen molar-refractivity contribution in [3.8, 4) is 17.6 Å². The lowest BCUT2D eigenvalue weighted by atomic mass is 10.1. The molecule has 0 aliphatic heterocycles. The van der Waals surface area contributed by atoms with Crippen molar-refractivity contribution in [2.75, 3.05) is 5.32 Å². The molecule has 0 heterocycles. The van der Waals surface area contributed by atoms with E-state index in [0.717, 1.165) is 11.6 Å². The van der Waals surface area contributed by atoms with Crippen LogP contribution in [-0.4, -0.2) is 14.3 Å². The van der Waals surface area contributed by atoms with Gasteiger partial charge in [-0.2, -0.15) is 5.26 Å². The average Bonchev–Trinajstić information content (AvgIpc) is 2.76. The number of carbonyl (C=O) groups is 1. The number of ether oxygens (including phenoxy) is 1. The van der Waals surface area contributed by atoms with Gasteiger partial charge in [-0.1, -0.05) is 30.7 Å². The van der Waals surface area contributed by atoms with Crippen molar-refractivity contribution < 1.29 is 22.3 Å². The summed E-state index contributed by atoms with van der Waals surface area (Å²) in [6.07, 6.45) is 0.605. The van der Waals surface area contributed by atoms with E-state index in [1.807, 2.05) is 13.0 Å². The molecule has 0 spiro atoms. The number of rotatable bonds is 7. The molecule has 0 bridgehead atoms. The lowest BCUT2D eigenvalue weighted by molar-refractivity contribution is -0.115. The van der Waals surface area contributed by atoms with Crippen molar-refractivity contribution in [1.29, 1.82) is 5.26 Å². The molecule has 0 aliphatic rings. The van der Waals surface area contributed by atoms with E-state index in [1.165, 1.54) is 30.3 Å². The van der Waals surface area contributed by atoms with Crippen LogP contribution < -0.4 is 15.2 Å². The SMILES string of the molecule is CCc1ccc(CC(=O)Nc2ccc(S(N)(=O)=O)cc2)cc1Oc1cc(C#N)cc(F)c1Cl. The molecule has 0 saturated carbocycles. The smallest absolute Gasteiger partial charge is 0.238 e. The minimum absolute atomic E-state index is 0.000496. The second-order valence-electron chi connectivity index (χ2n) is 7.07. The Labute approximate surface area is 195 Å². The molecule has 0 unspecified atom stereocenters. The number of primary sulfonamides is 1. The Hall–Kier alpha value is -3.45. The number of amides is 1. The van der Waals surface area contributed by atoms with Gasteiger partial charge in [-0.3, -0.25) is 4.79 Å². The Kier molecular flexibility index (Phi) is 7.33. The number of nitrogens with zero attached hydrogens (tertiary/aromatic N) is 1. The molecular formula is C23H19ClFN3O4S. The Morgan fingerprint density at radius 2 is 1.85 bits per heavy atom. The van der Waals surface area contributed by atoms with E-state index < -0.39 is 15.8 Å². The molecule has 0 radical (unpaired) electrons. The molecule has 3 aromatic carbocycles. The molecular weight excluding hydrogens is 469 g/mol. The van der Waals surface area contributed by atoms with Gasteiger partial charge in [-0.05, 0) is 53.9 Å². The molecule has 3 N–H and O–H groups in total. The fourth-order valence-corrected chi connectivity index (χ4v) is 3.70. The molecule has 0 saturated heterocycles. The van der Waals surface area contributed by atoms with Gasteiger partial charge in [0.1, 0.15) is 22.3 Å². The van der Waals surface area contributed by atoms with Crippen LogP contribution in [0.15, 0.2) is 59.5 Å². The number of nitriles is 1. The van der Waals surface area contributed by atoms with Gasteiger partial charge in [0.2, 0.25) is 15.9 Å². The number of aryl methyl sites for hydroxylation is 1. The maximum Gasteiger partial charge on any atom is 0.238 e. The molecule has 3 aromatic rings. The first-order valence-electron chi connectivity index (χ1n) is 9.72. The molecule has 7 nitrogen and oxygen atoms in total. The highest BCUT2D eigenvalue weighted by atomic mass is 35.5. The van der Waals surface area contributed by atoms with Gasteiger partial charge < -0.3 is 10.1 Å². The maximum absolute atomic E-state index is 14.0. The molecule has 0 aromatic heterocycles. The summed E-state index contributed by atoms with van der Waals surface area (Å²) in [5, 5.41) is 16.6. The van der Waals surface area contributed by atoms with Gasteiger partial charge >= 0.3 is 0 Å². The standard InChI is InChI=1S/C23H19ClFN3O4S/c1-2-16-4-3-14(10-20(16)32-21-11-15(13-26)9-19(25)23(21)24)12-22(29)28-17-5-7-18(8-6-17)33(27,30)31/h3-11H,2,12H2,1H3,(H,28,29)(H2,27,30,31). The lowest BCUT2D eigenvalue weighted by Gasteiger charge is -2.14. The van der Waals surface area contributed by atoms with Crippen LogP contribution >= 0.6 is 11.6 Å². The third-order valence-electron chi connectivity index (χ3n) is 4.69. The topological polar surface area (TPSA) is 122 Å². The van der Waals surface area contributed by atoms with Crippen LogP contribution in [0.5, 0.6) is 11.5 Å². The van der Waals surface area contributed by atoms with Gasteiger partial charge in [0, 0.05) is 11.8 Å². The van der Waals surface area contributed by atoms with Crippen LogP contribution in [0.4, 0.5) is 10.1 Å². The van der Waals surface area contributed by atoms with Crippen LogP contribution in [0.1, 0.15) is 23.6 Å². The highest BCUT2D eigenvalue weighted by Crippen LogP contribution is 2.35. The van der Waals surface area contributed by atoms with Crippen molar-refractivity contribution >= 4 is 33.2 Å². The number of hydrogen-bond donors (Lipinski definition) is 2. The summed E-state index contributed by atoms with van der Waals surface area (Å²) in [6.45, 7) is 1.91. The maximum atomic E-state index is 14.0. The van der Waals surface area contributed by atoms with Crippen LogP contribution in [0, 0.1) is 17.1 Å². The first-order valence-corrected chi connectivity index (χ1v) is 11.6. The predicted octanol–water partition coefficient (Wildman–Crippen LogP) is 4.53. The van der Waals surface area contributed by atoms with Crippen molar-refractivity contribution in [3.05, 3.63) is 82.1 Å². The Morgan fingerprint density at radius 3 is 2.45 bits per heavy atom. The van der Waals surface area contributed by atoms with E-state index in [-0.39, 0.29) is 33.6 Å². The summed E-state index contributed by atoms with van der Waals surface area (Å²) in [7, 11) is -3.82. The molecule has 1 amide bonds. The first-order chi connectivity index (χ1) is 15.6. The Morgan fingerprint density at radius 1 is 1.15 bits per heavy atom. The third-order valence-corrected chi connectivity index (χ3v) is 5.98. The largest absolute Gasteiger partial charge is 0.455 e. The van der Waals surface area contributed by atoms with E-state index in [9.17, 15) is 17.6 Å². The van der Waals surface area contributed by atoms with Crippen LogP contribution in [0.3, 0.4) is 0 Å². The molecule has 0 aliphatic carbocycles. The van der Waals surface area contributed by atoms with Gasteiger partial charge in [-0.25, -0.2) is 17.9 Å². The number of hydrogen-bond acceptors (Lipinski definition) is 5. The quantitative estimate of drug-likeness (QED) is 0.506. The highest BCUT2D eigenvalue weighted by Gasteiger charge is 2.15. The van der Waals surface area contributed by atoms with Gasteiger partial charge in [0.25, 0.3) is 0 Å². The van der Waals surface area contributed by atoms with Gasteiger partial charge in [0.15, 0.2) is 0 Å². The Bertz CT molecular complexity index is 1350. The summed E-state index contributed by atoms with van der Waals surface area (Å²) in [5.74, 6) is -0.729. The zero-order valence-corrected chi connectivity index (χ0v) is 19.0. The van der Waals surface area contributed by atoms with Crippen molar-refractivity contribution in [2.24, 2.45) is 5.14 Å². The first kappa shape index (κ1) is 24.2. The van der Waals surface area contributed by atoms with E-state index >= 15 is 0 Å². The summed E-state index contributed by atoms with van der Waals surface area (Å²) in [6, 6.07) is 14.9. The van der Waals surface area contributed by atoms with Crippen LogP contribution in [0.25, 0.3) is 0 Å². The van der Waals surface area contributed by atoms with Crippen molar-refractivity contribution in [2.45, 2.75) is 24.7 Å². The normalized spacial score (nSPS) is 11.0. The summed E-state index contributed by atoms with van der Waals surface area (Å²) >= 11 is 6.00. The second-order valence-corrected chi connectivity index (χ2v) is 9.01. The molecule has 170 valence electrons. The number of benzene rings is 3. The number of anilines is 1. The molecule has 33 heavy (non-hydrogen) atoms. The predicted molar refractivity (Wildman–Crippen MR) is 122 cm³/mol. The number of nitrogens with one attached hydrogen (secondary N) is 1. The van der Waals surface area contributed by atoms with E-state index in [1.54, 1.807) is 18.2 Å². The third kappa shape index (κ3) is 6.08. The molecule has 0 fully saturated rings. The fourth-order valence-electron chi connectivity index (χ4n) is 3.04. The Balaban J connectivity index is 1.79. The fraction of sp³-hybridized carbons (Fsp3) is 0.130. The zero-order chi connectivity index (χ0) is 24.2. The van der Waals surface area contributed by atoms with Crippen LogP contribution in [-0.2, 0) is 27.7 Å². The molecule has 0 atom stereocenters. The number of carbonyl (C=O) groups excluding carboxylic acids is 1. The number of sulfonamides is 1. The van der Waals surface area contributed by atoms with Crippen molar-refractivity contribution in [1.82, 2.24) is 0 Å². The average molecular weight is 488 g/mol. The number of halogens is 2. The van der Waals surface area contributed by atoms with E-state index in [4.69, 9.17) is 26.7 Å². The summed E-state index contributed by atoms with van der Waals surface area (Å²) in [5.41, 5.74) is 1.89. The second kappa shape index (κ2) is 10.0. The van der Waals surface area contributed by atoms with Gasteiger partial charge in [0.05, 0.1) is 22.9 Å². The minimum atomic E-state index is -3.82. The summed E-state index contributed by atoms with van der Waals surface area (Å²) < 4.78 is 42.5. The van der Waals surface area contributed by atoms with Crippen LogP contribution in [0.2, 0.25) is 5.02 Å². The highest BCUT2D eigenvalue weighted by molar-refractivity contribution is 7.89. The lowest BCUT2D eigenvalue weighted by Crippen LogP contribution is -2.15. The summed E-state index contributed by atoms with van der Waals surface area (Å²) in [4.78, 5) is 12.4. The van der Waals surface area contributed by atoms with Crippen molar-refractivity contribution in [3.63, 3.8) is 0 Å². The zero-order valence-electron chi connectivity index (χ0n) is 17.4. The monoisotopic (exact) mass is 487 g/mol. The molecule has 10 heteroatoms. The minimum Gasteiger partial charge on any atom is -0.455 e. The van der Waals surface area contributed by atoms with E-state index in [2.05, 4.69) is 5.32 Å². The van der Waals surface area contributed by atoms with E-state index in [0.29, 0.717) is 23.4 Å². The number of nitrogens with two attached hydrogens (primary N) is 1. The molecule has 3 rings (SSSR count).